The molecule has 1 saturated heterocycles. The molecule has 0 unspecified atom stereocenters. The van der Waals surface area contributed by atoms with E-state index in [1.165, 1.54) is 17.1 Å². The fourth-order valence-electron chi connectivity index (χ4n) is 1.93. The van der Waals surface area contributed by atoms with Crippen molar-refractivity contribution in [3.63, 3.8) is 0 Å². The van der Waals surface area contributed by atoms with Crippen molar-refractivity contribution in [1.29, 1.82) is 0 Å². The van der Waals surface area contributed by atoms with Gasteiger partial charge in [0.15, 0.2) is 0 Å². The van der Waals surface area contributed by atoms with E-state index in [1.807, 2.05) is 0 Å². The normalized spacial score (nSPS) is 23.6. The maximum absolute atomic E-state index is 11.3. The average Bonchev–Trinajstić information content (AvgIpc) is 2.51. The summed E-state index contributed by atoms with van der Waals surface area (Å²) >= 11 is 0. The third kappa shape index (κ3) is 1.85. The summed E-state index contributed by atoms with van der Waals surface area (Å²) in [6.45, 7) is 2.58. The second kappa shape index (κ2) is 3.92. The van der Waals surface area contributed by atoms with E-state index in [0.717, 1.165) is 25.9 Å². The van der Waals surface area contributed by atoms with E-state index in [-0.39, 0.29) is 11.8 Å². The highest BCUT2D eigenvalue weighted by atomic mass is 16.2. The molecule has 14 heavy (non-hydrogen) atoms. The van der Waals surface area contributed by atoms with Gasteiger partial charge in [0.25, 0.3) is 11.8 Å². The number of nitrogens with zero attached hydrogens (tertiary/aromatic N) is 1. The maximum Gasteiger partial charge on any atom is 0.253 e. The van der Waals surface area contributed by atoms with E-state index >= 15 is 0 Å². The van der Waals surface area contributed by atoms with E-state index in [2.05, 4.69) is 5.32 Å². The second-order valence-corrected chi connectivity index (χ2v) is 3.81. The first-order chi connectivity index (χ1) is 6.77. The van der Waals surface area contributed by atoms with Crippen molar-refractivity contribution in [3.8, 4) is 0 Å². The van der Waals surface area contributed by atoms with E-state index < -0.39 is 0 Å². The van der Waals surface area contributed by atoms with Gasteiger partial charge in [-0.3, -0.25) is 14.5 Å². The molecule has 0 aromatic heterocycles. The number of nitrogens with one attached hydrogen (secondary N) is 1. The molecular weight excluding hydrogens is 180 g/mol. The Kier molecular flexibility index (Phi) is 2.63. The van der Waals surface area contributed by atoms with Gasteiger partial charge in [-0.25, -0.2) is 0 Å². The van der Waals surface area contributed by atoms with Gasteiger partial charge in [-0.15, -0.1) is 0 Å². The van der Waals surface area contributed by atoms with Crippen LogP contribution in [0.1, 0.15) is 12.8 Å². The molecule has 0 radical (unpaired) electrons. The van der Waals surface area contributed by atoms with Gasteiger partial charge in [0.1, 0.15) is 0 Å². The molecule has 2 rings (SSSR count). The number of hydrogen-bond acceptors (Lipinski definition) is 3. The number of rotatable bonds is 2. The average molecular weight is 194 g/mol. The molecule has 0 saturated carbocycles. The molecular formula is C10H14N2O2. The van der Waals surface area contributed by atoms with Crippen LogP contribution in [0.15, 0.2) is 12.2 Å². The van der Waals surface area contributed by atoms with Crippen LogP contribution in [0.5, 0.6) is 0 Å². The van der Waals surface area contributed by atoms with Crippen LogP contribution >= 0.6 is 0 Å². The minimum Gasteiger partial charge on any atom is -0.317 e. The Morgan fingerprint density at radius 2 is 1.79 bits per heavy atom. The molecule has 4 nitrogen and oxygen atoms in total. The van der Waals surface area contributed by atoms with E-state index in [1.54, 1.807) is 0 Å². The van der Waals surface area contributed by atoms with Gasteiger partial charge < -0.3 is 5.32 Å². The van der Waals surface area contributed by atoms with Gasteiger partial charge in [0.2, 0.25) is 0 Å². The Morgan fingerprint density at radius 1 is 1.21 bits per heavy atom. The van der Waals surface area contributed by atoms with Crippen molar-refractivity contribution in [2.24, 2.45) is 5.92 Å². The van der Waals surface area contributed by atoms with Crippen molar-refractivity contribution >= 4 is 11.8 Å². The predicted molar refractivity (Wildman–Crippen MR) is 51.5 cm³/mol. The van der Waals surface area contributed by atoms with Crippen molar-refractivity contribution < 1.29 is 9.59 Å². The zero-order chi connectivity index (χ0) is 9.97. The van der Waals surface area contributed by atoms with Crippen LogP contribution in [0.3, 0.4) is 0 Å². The molecule has 2 aliphatic rings. The molecule has 1 fully saturated rings. The SMILES string of the molecule is O=C1C=CC(=O)N1CC1CCNCC1. The lowest BCUT2D eigenvalue weighted by atomic mass is 9.98. The molecule has 0 bridgehead atoms. The summed E-state index contributed by atoms with van der Waals surface area (Å²) in [6, 6.07) is 0. The van der Waals surface area contributed by atoms with Crippen LogP contribution in [0, 0.1) is 5.92 Å². The van der Waals surface area contributed by atoms with Crippen LogP contribution in [0.2, 0.25) is 0 Å². The summed E-state index contributed by atoms with van der Waals surface area (Å²) in [4.78, 5) is 23.9. The predicted octanol–water partition coefficient (Wildman–Crippen LogP) is -0.0890. The number of amides is 2. The molecule has 1 N–H and O–H groups in total. The molecule has 76 valence electrons. The monoisotopic (exact) mass is 194 g/mol. The Labute approximate surface area is 83.0 Å². The number of piperidine rings is 1. The molecule has 0 atom stereocenters. The number of carbonyl (C=O) groups is 2. The summed E-state index contributed by atoms with van der Waals surface area (Å²) in [5.74, 6) is 0.158. The zero-order valence-corrected chi connectivity index (χ0v) is 8.03. The first-order valence-electron chi connectivity index (χ1n) is 5.01. The third-order valence-electron chi connectivity index (χ3n) is 2.80. The minimum atomic E-state index is -0.159. The molecule has 2 amide bonds. The molecule has 0 spiro atoms. The van der Waals surface area contributed by atoms with Gasteiger partial charge in [-0.2, -0.15) is 0 Å². The maximum atomic E-state index is 11.3. The number of imide groups is 1. The molecule has 0 aromatic carbocycles. The molecule has 4 heteroatoms. The lowest BCUT2D eigenvalue weighted by Gasteiger charge is -2.26. The van der Waals surface area contributed by atoms with Crippen molar-refractivity contribution in [2.75, 3.05) is 19.6 Å². The number of carbonyl (C=O) groups excluding carboxylic acids is 2. The van der Waals surface area contributed by atoms with E-state index in [4.69, 9.17) is 0 Å². The third-order valence-corrected chi connectivity index (χ3v) is 2.80. The van der Waals surface area contributed by atoms with Crippen molar-refractivity contribution in [2.45, 2.75) is 12.8 Å². The standard InChI is InChI=1S/C10H14N2O2/c13-9-1-2-10(14)12(9)7-8-3-5-11-6-4-8/h1-2,8,11H,3-7H2. The highest BCUT2D eigenvalue weighted by Crippen LogP contribution is 2.15. The van der Waals surface area contributed by atoms with Gasteiger partial charge in [0, 0.05) is 18.7 Å². The van der Waals surface area contributed by atoms with Gasteiger partial charge in [-0.05, 0) is 31.8 Å². The second-order valence-electron chi connectivity index (χ2n) is 3.81. The first kappa shape index (κ1) is 9.40. The fourth-order valence-corrected chi connectivity index (χ4v) is 1.93. The number of hydrogen-bond donors (Lipinski definition) is 1. The summed E-state index contributed by atoms with van der Waals surface area (Å²) in [6.07, 6.45) is 4.81. The van der Waals surface area contributed by atoms with Crippen molar-refractivity contribution in [1.82, 2.24) is 10.2 Å². The fraction of sp³-hybridized carbons (Fsp3) is 0.600. The summed E-state index contributed by atoms with van der Waals surface area (Å²) in [7, 11) is 0. The summed E-state index contributed by atoms with van der Waals surface area (Å²) < 4.78 is 0. The van der Waals surface area contributed by atoms with Gasteiger partial charge >= 0.3 is 0 Å². The van der Waals surface area contributed by atoms with E-state index in [9.17, 15) is 9.59 Å². The van der Waals surface area contributed by atoms with E-state index in [0.29, 0.717) is 12.5 Å². The van der Waals surface area contributed by atoms with Crippen LogP contribution < -0.4 is 5.32 Å². The molecule has 0 aromatic rings. The summed E-state index contributed by atoms with van der Waals surface area (Å²) in [5, 5.41) is 3.26. The zero-order valence-electron chi connectivity index (χ0n) is 8.03. The Morgan fingerprint density at radius 3 is 2.36 bits per heavy atom. The Balaban J connectivity index is 1.90. The minimum absolute atomic E-state index is 0.159. The highest BCUT2D eigenvalue weighted by molar-refractivity contribution is 6.12. The largest absolute Gasteiger partial charge is 0.317 e. The van der Waals surface area contributed by atoms with Crippen molar-refractivity contribution in [3.05, 3.63) is 12.2 Å². The Bertz CT molecular complexity index is 262. The van der Waals surface area contributed by atoms with Gasteiger partial charge in [-0.1, -0.05) is 0 Å². The lowest BCUT2D eigenvalue weighted by molar-refractivity contribution is -0.137. The molecule has 2 aliphatic heterocycles. The molecule has 2 heterocycles. The first-order valence-corrected chi connectivity index (χ1v) is 5.01. The highest BCUT2D eigenvalue weighted by Gasteiger charge is 2.26. The van der Waals surface area contributed by atoms with Gasteiger partial charge in [0.05, 0.1) is 0 Å². The van der Waals surface area contributed by atoms with Crippen LogP contribution in [0.4, 0.5) is 0 Å². The van der Waals surface area contributed by atoms with Crippen LogP contribution in [0.25, 0.3) is 0 Å². The molecule has 0 aliphatic carbocycles. The van der Waals surface area contributed by atoms with Crippen LogP contribution in [-0.2, 0) is 9.59 Å². The smallest absolute Gasteiger partial charge is 0.253 e. The quantitative estimate of drug-likeness (QED) is 0.625. The topological polar surface area (TPSA) is 49.4 Å². The summed E-state index contributed by atoms with van der Waals surface area (Å²) in [5.41, 5.74) is 0. The Hall–Kier alpha value is -1.16. The van der Waals surface area contributed by atoms with Crippen LogP contribution in [-0.4, -0.2) is 36.3 Å². The lowest BCUT2D eigenvalue weighted by Crippen LogP contribution is -2.39.